The van der Waals surface area contributed by atoms with Crippen LogP contribution in [0.4, 0.5) is 0 Å². The minimum absolute atomic E-state index is 0.314. The summed E-state index contributed by atoms with van der Waals surface area (Å²) in [4.78, 5) is 0. The van der Waals surface area contributed by atoms with Gasteiger partial charge >= 0.3 is 0 Å². The van der Waals surface area contributed by atoms with E-state index >= 15 is 0 Å². The van der Waals surface area contributed by atoms with Crippen LogP contribution < -0.4 is 15.2 Å². The highest BCUT2D eigenvalue weighted by atomic mass is 32.2. The number of rotatable bonds is 5. The molecule has 1 unspecified atom stereocenters. The SMILES string of the molecule is COc1cc(/C=C/CN)ccc1OC1CCSC1. The van der Waals surface area contributed by atoms with E-state index in [-0.39, 0.29) is 0 Å². The summed E-state index contributed by atoms with van der Waals surface area (Å²) < 4.78 is 11.3. The number of hydrogen-bond donors (Lipinski definition) is 1. The van der Waals surface area contributed by atoms with E-state index in [9.17, 15) is 0 Å². The Labute approximate surface area is 112 Å². The van der Waals surface area contributed by atoms with E-state index in [4.69, 9.17) is 15.2 Å². The molecule has 98 valence electrons. The van der Waals surface area contributed by atoms with Crippen molar-refractivity contribution in [1.29, 1.82) is 0 Å². The quantitative estimate of drug-likeness (QED) is 0.888. The number of nitrogens with two attached hydrogens (primary N) is 1. The molecule has 1 atom stereocenters. The van der Waals surface area contributed by atoms with Gasteiger partial charge in [-0.15, -0.1) is 0 Å². The van der Waals surface area contributed by atoms with Crippen LogP contribution in [0.5, 0.6) is 11.5 Å². The topological polar surface area (TPSA) is 44.5 Å². The molecule has 1 saturated heterocycles. The highest BCUT2D eigenvalue weighted by Crippen LogP contribution is 2.32. The van der Waals surface area contributed by atoms with Gasteiger partial charge in [0.15, 0.2) is 11.5 Å². The van der Waals surface area contributed by atoms with Gasteiger partial charge in [-0.25, -0.2) is 0 Å². The number of benzene rings is 1. The fourth-order valence-corrected chi connectivity index (χ4v) is 2.97. The molecule has 1 heterocycles. The second-order valence-corrected chi connectivity index (χ2v) is 5.30. The van der Waals surface area contributed by atoms with Gasteiger partial charge in [-0.2, -0.15) is 11.8 Å². The molecular weight excluding hydrogens is 246 g/mol. The van der Waals surface area contributed by atoms with Crippen LogP contribution in [0.25, 0.3) is 6.08 Å². The van der Waals surface area contributed by atoms with Crippen molar-refractivity contribution in [3.63, 3.8) is 0 Å². The van der Waals surface area contributed by atoms with Crippen molar-refractivity contribution in [1.82, 2.24) is 0 Å². The largest absolute Gasteiger partial charge is 0.493 e. The van der Waals surface area contributed by atoms with Crippen LogP contribution in [0.15, 0.2) is 24.3 Å². The highest BCUT2D eigenvalue weighted by molar-refractivity contribution is 7.99. The van der Waals surface area contributed by atoms with Gasteiger partial charge in [0, 0.05) is 12.3 Å². The lowest BCUT2D eigenvalue weighted by Crippen LogP contribution is -2.15. The van der Waals surface area contributed by atoms with Crippen LogP contribution in [0.1, 0.15) is 12.0 Å². The summed E-state index contributed by atoms with van der Waals surface area (Å²) in [6.45, 7) is 0.542. The van der Waals surface area contributed by atoms with Gasteiger partial charge in [-0.1, -0.05) is 18.2 Å². The molecule has 0 saturated carbocycles. The summed E-state index contributed by atoms with van der Waals surface area (Å²) in [7, 11) is 1.67. The Morgan fingerprint density at radius 2 is 2.33 bits per heavy atom. The average molecular weight is 265 g/mol. The predicted molar refractivity (Wildman–Crippen MR) is 77.4 cm³/mol. The molecular formula is C14H19NO2S. The Morgan fingerprint density at radius 1 is 1.44 bits per heavy atom. The van der Waals surface area contributed by atoms with Crippen molar-refractivity contribution >= 4 is 17.8 Å². The minimum Gasteiger partial charge on any atom is -0.493 e. The zero-order valence-corrected chi connectivity index (χ0v) is 11.4. The molecule has 4 heteroatoms. The summed E-state index contributed by atoms with van der Waals surface area (Å²) in [5.74, 6) is 3.86. The number of methoxy groups -OCH3 is 1. The molecule has 0 bridgehead atoms. The van der Waals surface area contributed by atoms with Gasteiger partial charge in [0.05, 0.1) is 7.11 Å². The molecule has 2 rings (SSSR count). The van der Waals surface area contributed by atoms with Crippen molar-refractivity contribution in [2.75, 3.05) is 25.2 Å². The van der Waals surface area contributed by atoms with Crippen LogP contribution in [0.2, 0.25) is 0 Å². The van der Waals surface area contributed by atoms with Crippen LogP contribution in [-0.2, 0) is 0 Å². The van der Waals surface area contributed by atoms with Crippen LogP contribution in [0.3, 0.4) is 0 Å². The Bertz CT molecular complexity index is 414. The van der Waals surface area contributed by atoms with E-state index in [2.05, 4.69) is 0 Å². The van der Waals surface area contributed by atoms with Gasteiger partial charge in [0.25, 0.3) is 0 Å². The third-order valence-corrected chi connectivity index (χ3v) is 3.95. The van der Waals surface area contributed by atoms with Crippen LogP contribution in [-0.4, -0.2) is 31.3 Å². The maximum atomic E-state index is 5.96. The van der Waals surface area contributed by atoms with E-state index in [1.165, 1.54) is 5.75 Å². The molecule has 0 aromatic heterocycles. The minimum atomic E-state index is 0.314. The molecule has 0 amide bonds. The fourth-order valence-electron chi connectivity index (χ4n) is 1.87. The van der Waals surface area contributed by atoms with Gasteiger partial charge in [-0.3, -0.25) is 0 Å². The Balaban J connectivity index is 2.11. The molecule has 2 N–H and O–H groups in total. The predicted octanol–water partition coefficient (Wildman–Crippen LogP) is 2.55. The van der Waals surface area contributed by atoms with Gasteiger partial charge in [-0.05, 0) is 29.9 Å². The molecule has 1 fully saturated rings. The van der Waals surface area contributed by atoms with Crippen molar-refractivity contribution in [3.8, 4) is 11.5 Å². The standard InChI is InChI=1S/C14H19NO2S/c1-16-14-9-11(3-2-7-15)4-5-13(14)17-12-6-8-18-10-12/h2-5,9,12H,6-8,10,15H2,1H3/b3-2+. The molecule has 0 spiro atoms. The lowest BCUT2D eigenvalue weighted by Gasteiger charge is -2.15. The maximum absolute atomic E-state index is 5.96. The molecule has 0 radical (unpaired) electrons. The summed E-state index contributed by atoms with van der Waals surface area (Å²) >= 11 is 1.94. The first kappa shape index (κ1) is 13.3. The van der Waals surface area contributed by atoms with E-state index < -0.39 is 0 Å². The van der Waals surface area contributed by atoms with E-state index in [0.717, 1.165) is 29.2 Å². The molecule has 18 heavy (non-hydrogen) atoms. The first-order valence-corrected chi connectivity index (χ1v) is 7.28. The van der Waals surface area contributed by atoms with Crippen molar-refractivity contribution < 1.29 is 9.47 Å². The molecule has 0 aliphatic carbocycles. The zero-order valence-electron chi connectivity index (χ0n) is 10.6. The van der Waals surface area contributed by atoms with Crippen molar-refractivity contribution in [3.05, 3.63) is 29.8 Å². The van der Waals surface area contributed by atoms with Crippen molar-refractivity contribution in [2.24, 2.45) is 5.73 Å². The number of ether oxygens (including phenoxy) is 2. The normalized spacial score (nSPS) is 19.3. The first-order valence-electron chi connectivity index (χ1n) is 6.12. The van der Waals surface area contributed by atoms with Crippen LogP contribution >= 0.6 is 11.8 Å². The fraction of sp³-hybridized carbons (Fsp3) is 0.429. The summed E-state index contributed by atoms with van der Waals surface area (Å²) in [5.41, 5.74) is 6.52. The maximum Gasteiger partial charge on any atom is 0.161 e. The summed E-state index contributed by atoms with van der Waals surface area (Å²) in [5, 5.41) is 0. The smallest absolute Gasteiger partial charge is 0.161 e. The highest BCUT2D eigenvalue weighted by Gasteiger charge is 2.18. The Kier molecular flexibility index (Phi) is 4.96. The third kappa shape index (κ3) is 3.43. The average Bonchev–Trinajstić information content (AvgIpc) is 2.90. The number of hydrogen-bond acceptors (Lipinski definition) is 4. The molecule has 1 aliphatic rings. The second-order valence-electron chi connectivity index (χ2n) is 4.15. The van der Waals surface area contributed by atoms with Crippen molar-refractivity contribution in [2.45, 2.75) is 12.5 Å². The van der Waals surface area contributed by atoms with Gasteiger partial charge < -0.3 is 15.2 Å². The molecule has 3 nitrogen and oxygen atoms in total. The van der Waals surface area contributed by atoms with E-state index in [0.29, 0.717) is 12.6 Å². The molecule has 1 aromatic rings. The third-order valence-electron chi connectivity index (χ3n) is 2.82. The zero-order chi connectivity index (χ0) is 12.8. The first-order chi connectivity index (χ1) is 8.83. The number of thioether (sulfide) groups is 1. The Morgan fingerprint density at radius 3 is 3.00 bits per heavy atom. The van der Waals surface area contributed by atoms with E-state index in [1.54, 1.807) is 7.11 Å². The summed E-state index contributed by atoms with van der Waals surface area (Å²) in [6, 6.07) is 5.97. The lowest BCUT2D eigenvalue weighted by atomic mass is 10.2. The summed E-state index contributed by atoms with van der Waals surface area (Å²) in [6.07, 6.45) is 5.33. The lowest BCUT2D eigenvalue weighted by molar-refractivity contribution is 0.218. The second kappa shape index (κ2) is 6.71. The van der Waals surface area contributed by atoms with Crippen LogP contribution in [0, 0.1) is 0 Å². The molecule has 1 aromatic carbocycles. The Hall–Kier alpha value is -1.13. The molecule has 1 aliphatic heterocycles. The van der Waals surface area contributed by atoms with Gasteiger partial charge in [0.1, 0.15) is 6.10 Å². The van der Waals surface area contributed by atoms with Gasteiger partial charge in [0.2, 0.25) is 0 Å². The van der Waals surface area contributed by atoms with E-state index in [1.807, 2.05) is 42.1 Å². The monoisotopic (exact) mass is 265 g/mol.